The molecule has 0 aliphatic heterocycles. The van der Waals surface area contributed by atoms with Gasteiger partial charge < -0.3 is 5.32 Å². The van der Waals surface area contributed by atoms with E-state index in [0.29, 0.717) is 5.56 Å². The SMILES string of the molecule is Cc1c(NC(=O)C(F)(F)F)cccc1-c1ccc2[nH]ncc2c1. The standard InChI is InChI=1S/C16H12F3N3O/c1-9-12(10-5-6-14-11(7-10)8-20-22-14)3-2-4-13(9)21-15(23)16(17,18)19/h2-8H,1H3,(H,20,22)(H,21,23). The van der Waals surface area contributed by atoms with Crippen molar-refractivity contribution in [1.29, 1.82) is 0 Å². The summed E-state index contributed by atoms with van der Waals surface area (Å²) in [5.41, 5.74) is 3.14. The van der Waals surface area contributed by atoms with Gasteiger partial charge in [0.1, 0.15) is 0 Å². The summed E-state index contributed by atoms with van der Waals surface area (Å²) >= 11 is 0. The Morgan fingerprint density at radius 1 is 1.22 bits per heavy atom. The summed E-state index contributed by atoms with van der Waals surface area (Å²) in [6, 6.07) is 10.4. The van der Waals surface area contributed by atoms with Crippen LogP contribution in [-0.4, -0.2) is 22.3 Å². The van der Waals surface area contributed by atoms with Crippen molar-refractivity contribution in [3.63, 3.8) is 0 Å². The molecule has 1 heterocycles. The van der Waals surface area contributed by atoms with Gasteiger partial charge in [0.05, 0.1) is 11.7 Å². The van der Waals surface area contributed by atoms with E-state index in [0.717, 1.165) is 22.0 Å². The second kappa shape index (κ2) is 5.42. The predicted molar refractivity (Wildman–Crippen MR) is 81.0 cm³/mol. The number of nitrogens with zero attached hydrogens (tertiary/aromatic N) is 1. The topological polar surface area (TPSA) is 57.8 Å². The molecule has 118 valence electrons. The largest absolute Gasteiger partial charge is 0.471 e. The van der Waals surface area contributed by atoms with Gasteiger partial charge in [-0.1, -0.05) is 18.2 Å². The van der Waals surface area contributed by atoms with Crippen LogP contribution in [0, 0.1) is 6.92 Å². The smallest absolute Gasteiger partial charge is 0.318 e. The minimum atomic E-state index is -4.92. The molecule has 0 unspecified atom stereocenters. The molecule has 2 aromatic carbocycles. The quantitative estimate of drug-likeness (QED) is 0.749. The van der Waals surface area contributed by atoms with Gasteiger partial charge in [0.15, 0.2) is 0 Å². The van der Waals surface area contributed by atoms with Crippen LogP contribution >= 0.6 is 0 Å². The first kappa shape index (κ1) is 15.1. The van der Waals surface area contributed by atoms with E-state index in [1.807, 2.05) is 23.5 Å². The molecule has 23 heavy (non-hydrogen) atoms. The Balaban J connectivity index is 2.00. The van der Waals surface area contributed by atoms with Crippen molar-refractivity contribution in [3.05, 3.63) is 48.2 Å². The van der Waals surface area contributed by atoms with Crippen molar-refractivity contribution in [3.8, 4) is 11.1 Å². The number of hydrogen-bond acceptors (Lipinski definition) is 2. The zero-order chi connectivity index (χ0) is 16.6. The minimum absolute atomic E-state index is 0.136. The summed E-state index contributed by atoms with van der Waals surface area (Å²) in [6.07, 6.45) is -3.25. The monoisotopic (exact) mass is 319 g/mol. The third kappa shape index (κ3) is 2.90. The second-order valence-corrected chi connectivity index (χ2v) is 5.10. The molecular formula is C16H12F3N3O. The maximum absolute atomic E-state index is 12.4. The maximum atomic E-state index is 12.4. The summed E-state index contributed by atoms with van der Waals surface area (Å²) in [7, 11) is 0. The highest BCUT2D eigenvalue weighted by Crippen LogP contribution is 2.31. The van der Waals surface area contributed by atoms with Gasteiger partial charge in [0.25, 0.3) is 0 Å². The van der Waals surface area contributed by atoms with Gasteiger partial charge in [-0.2, -0.15) is 18.3 Å². The maximum Gasteiger partial charge on any atom is 0.471 e. The molecule has 4 nitrogen and oxygen atoms in total. The number of amides is 1. The minimum Gasteiger partial charge on any atom is -0.318 e. The Hall–Kier alpha value is -2.83. The highest BCUT2D eigenvalue weighted by atomic mass is 19.4. The summed E-state index contributed by atoms with van der Waals surface area (Å²) in [4.78, 5) is 11.1. The summed E-state index contributed by atoms with van der Waals surface area (Å²) in [5, 5.41) is 9.58. The van der Waals surface area contributed by atoms with Crippen LogP contribution in [0.2, 0.25) is 0 Å². The van der Waals surface area contributed by atoms with Crippen LogP contribution in [0.5, 0.6) is 0 Å². The summed E-state index contributed by atoms with van der Waals surface area (Å²) in [6.45, 7) is 1.67. The summed E-state index contributed by atoms with van der Waals surface area (Å²) in [5.74, 6) is -1.98. The lowest BCUT2D eigenvalue weighted by Gasteiger charge is -2.14. The van der Waals surface area contributed by atoms with Gasteiger partial charge in [-0.3, -0.25) is 9.89 Å². The van der Waals surface area contributed by atoms with E-state index in [-0.39, 0.29) is 5.69 Å². The first-order chi connectivity index (χ1) is 10.9. The van der Waals surface area contributed by atoms with Crippen molar-refractivity contribution in [1.82, 2.24) is 10.2 Å². The molecule has 7 heteroatoms. The molecule has 3 aromatic rings. The van der Waals surface area contributed by atoms with Crippen LogP contribution in [0.3, 0.4) is 0 Å². The fourth-order valence-corrected chi connectivity index (χ4v) is 2.39. The fourth-order valence-electron chi connectivity index (χ4n) is 2.39. The predicted octanol–water partition coefficient (Wildman–Crippen LogP) is 4.04. The van der Waals surface area contributed by atoms with Gasteiger partial charge in [-0.05, 0) is 41.8 Å². The van der Waals surface area contributed by atoms with Crippen LogP contribution in [0.1, 0.15) is 5.56 Å². The van der Waals surface area contributed by atoms with Gasteiger partial charge in [0, 0.05) is 11.1 Å². The first-order valence-corrected chi connectivity index (χ1v) is 6.77. The lowest BCUT2D eigenvalue weighted by molar-refractivity contribution is -0.167. The number of hydrogen-bond donors (Lipinski definition) is 2. The molecule has 0 fully saturated rings. The second-order valence-electron chi connectivity index (χ2n) is 5.10. The van der Waals surface area contributed by atoms with E-state index in [1.54, 1.807) is 25.3 Å². The molecule has 0 saturated heterocycles. The van der Waals surface area contributed by atoms with E-state index in [9.17, 15) is 18.0 Å². The Bertz CT molecular complexity index is 884. The third-order valence-corrected chi connectivity index (χ3v) is 3.59. The number of halogens is 3. The van der Waals surface area contributed by atoms with E-state index in [2.05, 4.69) is 10.2 Å². The van der Waals surface area contributed by atoms with Crippen molar-refractivity contribution in [2.75, 3.05) is 5.32 Å². The molecular weight excluding hydrogens is 307 g/mol. The fraction of sp³-hybridized carbons (Fsp3) is 0.125. The van der Waals surface area contributed by atoms with Crippen molar-refractivity contribution >= 4 is 22.5 Å². The number of H-pyrrole nitrogens is 1. The Morgan fingerprint density at radius 3 is 2.74 bits per heavy atom. The van der Waals surface area contributed by atoms with Crippen LogP contribution in [0.15, 0.2) is 42.6 Å². The van der Waals surface area contributed by atoms with Gasteiger partial charge in [-0.25, -0.2) is 0 Å². The molecule has 1 amide bonds. The Kier molecular flexibility index (Phi) is 3.55. The lowest BCUT2D eigenvalue weighted by Crippen LogP contribution is -2.30. The highest BCUT2D eigenvalue weighted by molar-refractivity contribution is 5.96. The summed E-state index contributed by atoms with van der Waals surface area (Å²) < 4.78 is 37.2. The molecule has 0 atom stereocenters. The molecule has 2 N–H and O–H groups in total. The number of benzene rings is 2. The average Bonchev–Trinajstić information content (AvgIpc) is 2.95. The zero-order valence-corrected chi connectivity index (χ0v) is 12.0. The number of aromatic amines is 1. The Morgan fingerprint density at radius 2 is 2.00 bits per heavy atom. The molecule has 0 bridgehead atoms. The zero-order valence-electron chi connectivity index (χ0n) is 12.0. The van der Waals surface area contributed by atoms with Crippen LogP contribution < -0.4 is 5.32 Å². The number of carbonyl (C=O) groups excluding carboxylic acids is 1. The van der Waals surface area contributed by atoms with Crippen molar-refractivity contribution in [2.45, 2.75) is 13.1 Å². The third-order valence-electron chi connectivity index (χ3n) is 3.59. The van der Waals surface area contributed by atoms with Crippen molar-refractivity contribution in [2.24, 2.45) is 0 Å². The molecule has 0 saturated carbocycles. The molecule has 0 spiro atoms. The van der Waals surface area contributed by atoms with Crippen LogP contribution in [-0.2, 0) is 4.79 Å². The average molecular weight is 319 g/mol. The molecule has 0 aliphatic carbocycles. The molecule has 3 rings (SSSR count). The highest BCUT2D eigenvalue weighted by Gasteiger charge is 2.38. The number of fused-ring (bicyclic) bond motifs is 1. The molecule has 1 aromatic heterocycles. The van der Waals surface area contributed by atoms with E-state index in [1.165, 1.54) is 6.07 Å². The number of carbonyl (C=O) groups is 1. The van der Waals surface area contributed by atoms with Crippen molar-refractivity contribution < 1.29 is 18.0 Å². The van der Waals surface area contributed by atoms with Gasteiger partial charge in [0.2, 0.25) is 0 Å². The number of alkyl halides is 3. The lowest BCUT2D eigenvalue weighted by atomic mass is 9.98. The van der Waals surface area contributed by atoms with Gasteiger partial charge >= 0.3 is 12.1 Å². The molecule has 0 radical (unpaired) electrons. The van der Waals surface area contributed by atoms with Gasteiger partial charge in [-0.15, -0.1) is 0 Å². The van der Waals surface area contributed by atoms with E-state index < -0.39 is 12.1 Å². The van der Waals surface area contributed by atoms with E-state index in [4.69, 9.17) is 0 Å². The van der Waals surface area contributed by atoms with Crippen LogP contribution in [0.4, 0.5) is 18.9 Å². The number of aromatic nitrogens is 2. The van der Waals surface area contributed by atoms with E-state index >= 15 is 0 Å². The first-order valence-electron chi connectivity index (χ1n) is 6.77. The number of anilines is 1. The Labute approximate surface area is 129 Å². The molecule has 0 aliphatic rings. The number of rotatable bonds is 2. The normalized spacial score (nSPS) is 11.7. The number of nitrogens with one attached hydrogen (secondary N) is 2. The van der Waals surface area contributed by atoms with Crippen LogP contribution in [0.25, 0.3) is 22.0 Å².